The third-order valence-electron chi connectivity index (χ3n) is 5.48. The summed E-state index contributed by atoms with van der Waals surface area (Å²) in [7, 11) is 1.57. The molecule has 0 aliphatic rings. The van der Waals surface area contributed by atoms with Crippen molar-refractivity contribution in [3.8, 4) is 28.8 Å². The lowest BCUT2D eigenvalue weighted by molar-refractivity contribution is -0.384. The number of nitriles is 1. The number of rotatable bonds is 9. The maximum Gasteiger partial charge on any atom is 0.272 e. The number of ether oxygens (including phenoxy) is 1. The lowest BCUT2D eigenvalue weighted by Gasteiger charge is -2.22. The van der Waals surface area contributed by atoms with Gasteiger partial charge >= 0.3 is 0 Å². The largest absolute Gasteiger partial charge is 0.497 e. The van der Waals surface area contributed by atoms with Gasteiger partial charge in [-0.15, -0.1) is 0 Å². The highest BCUT2D eigenvalue weighted by Crippen LogP contribution is 2.26. The van der Waals surface area contributed by atoms with Crippen LogP contribution in [0.3, 0.4) is 0 Å². The Morgan fingerprint density at radius 3 is 2.64 bits per heavy atom. The summed E-state index contributed by atoms with van der Waals surface area (Å²) in [5, 5.41) is 25.2. The Labute approximate surface area is 207 Å². The Morgan fingerprint density at radius 2 is 1.97 bits per heavy atom. The van der Waals surface area contributed by atoms with Crippen LogP contribution in [0.15, 0.2) is 79.1 Å². The zero-order valence-electron chi connectivity index (χ0n) is 19.4. The first-order chi connectivity index (χ1) is 17.5. The highest BCUT2D eigenvalue weighted by molar-refractivity contribution is 5.94. The number of aromatic nitrogens is 3. The quantitative estimate of drug-likeness (QED) is 0.255. The average molecular weight is 483 g/mol. The van der Waals surface area contributed by atoms with E-state index in [1.165, 1.54) is 16.8 Å². The number of amides is 1. The first kappa shape index (κ1) is 24.1. The molecular weight excluding hydrogens is 460 g/mol. The summed E-state index contributed by atoms with van der Waals surface area (Å²) in [4.78, 5) is 30.3. The minimum absolute atomic E-state index is 0.121. The molecule has 2 aromatic carbocycles. The Bertz CT molecular complexity index is 1410. The summed E-state index contributed by atoms with van der Waals surface area (Å²) in [6, 6.07) is 20.5. The predicted molar refractivity (Wildman–Crippen MR) is 131 cm³/mol. The number of pyridine rings is 1. The Morgan fingerprint density at radius 1 is 1.17 bits per heavy atom. The topological polar surface area (TPSA) is 127 Å². The molecule has 4 rings (SSSR count). The van der Waals surface area contributed by atoms with Gasteiger partial charge in [-0.2, -0.15) is 10.4 Å². The van der Waals surface area contributed by atoms with Gasteiger partial charge in [-0.25, -0.2) is 4.68 Å². The summed E-state index contributed by atoms with van der Waals surface area (Å²) in [6.07, 6.45) is 3.44. The van der Waals surface area contributed by atoms with Crippen LogP contribution < -0.4 is 4.74 Å². The zero-order valence-corrected chi connectivity index (χ0v) is 19.4. The van der Waals surface area contributed by atoms with Crippen LogP contribution in [0.5, 0.6) is 5.75 Å². The average Bonchev–Trinajstić information content (AvgIpc) is 3.37. The Balaban J connectivity index is 1.80. The molecule has 0 N–H and O–H groups in total. The molecule has 0 aliphatic heterocycles. The number of benzene rings is 2. The maximum absolute atomic E-state index is 13.8. The van der Waals surface area contributed by atoms with Gasteiger partial charge in [0.15, 0.2) is 0 Å². The lowest BCUT2D eigenvalue weighted by Crippen LogP contribution is -2.33. The highest BCUT2D eigenvalue weighted by Gasteiger charge is 2.24. The van der Waals surface area contributed by atoms with Crippen molar-refractivity contribution in [1.29, 1.82) is 5.26 Å². The first-order valence-corrected chi connectivity index (χ1v) is 11.0. The maximum atomic E-state index is 13.8. The molecule has 0 bridgehead atoms. The van der Waals surface area contributed by atoms with Crippen LogP contribution in [0.4, 0.5) is 5.69 Å². The number of carbonyl (C=O) groups is 1. The molecule has 0 fully saturated rings. The van der Waals surface area contributed by atoms with Gasteiger partial charge in [0.1, 0.15) is 11.4 Å². The number of non-ortho nitro benzene ring substituents is 1. The van der Waals surface area contributed by atoms with E-state index in [-0.39, 0.29) is 36.8 Å². The van der Waals surface area contributed by atoms with Crippen LogP contribution in [0.2, 0.25) is 0 Å². The molecular formula is C26H22N6O4. The second-order valence-electron chi connectivity index (χ2n) is 7.83. The van der Waals surface area contributed by atoms with Gasteiger partial charge in [0.25, 0.3) is 11.6 Å². The van der Waals surface area contributed by atoms with Crippen LogP contribution in [-0.4, -0.2) is 44.1 Å². The van der Waals surface area contributed by atoms with Crippen molar-refractivity contribution in [2.75, 3.05) is 13.7 Å². The van der Waals surface area contributed by atoms with Gasteiger partial charge in [0.2, 0.25) is 0 Å². The SMILES string of the molecule is COc1ccc(-c2cc(C(=O)N(CCC#N)Cc3cccnc3)n(-c3cccc([N+](=O)[O-])c3)n2)cc1. The highest BCUT2D eigenvalue weighted by atomic mass is 16.6. The Kier molecular flexibility index (Phi) is 7.31. The summed E-state index contributed by atoms with van der Waals surface area (Å²) >= 11 is 0. The van der Waals surface area contributed by atoms with Gasteiger partial charge in [0.05, 0.1) is 35.9 Å². The fourth-order valence-corrected chi connectivity index (χ4v) is 3.68. The summed E-state index contributed by atoms with van der Waals surface area (Å²) in [5.41, 5.74) is 2.51. The van der Waals surface area contributed by atoms with Crippen molar-refractivity contribution in [3.05, 3.63) is 100 Å². The van der Waals surface area contributed by atoms with Crippen molar-refractivity contribution in [3.63, 3.8) is 0 Å². The second kappa shape index (κ2) is 10.9. The minimum Gasteiger partial charge on any atom is -0.497 e. The number of nitrogens with zero attached hydrogens (tertiary/aromatic N) is 6. The monoisotopic (exact) mass is 482 g/mol. The minimum atomic E-state index is -0.500. The van der Waals surface area contributed by atoms with Crippen molar-refractivity contribution >= 4 is 11.6 Å². The van der Waals surface area contributed by atoms with E-state index in [9.17, 15) is 14.9 Å². The molecule has 10 nitrogen and oxygen atoms in total. The molecule has 0 saturated carbocycles. The molecule has 36 heavy (non-hydrogen) atoms. The van der Waals surface area contributed by atoms with Crippen molar-refractivity contribution in [2.45, 2.75) is 13.0 Å². The molecule has 2 aromatic heterocycles. The molecule has 0 radical (unpaired) electrons. The summed E-state index contributed by atoms with van der Waals surface area (Å²) < 4.78 is 6.62. The third-order valence-corrected chi connectivity index (χ3v) is 5.48. The fraction of sp³-hybridized carbons (Fsp3) is 0.154. The second-order valence-corrected chi connectivity index (χ2v) is 7.83. The van der Waals surface area contributed by atoms with Crippen molar-refractivity contribution < 1.29 is 14.5 Å². The number of hydrogen-bond donors (Lipinski definition) is 0. The molecule has 0 aliphatic carbocycles. The number of methoxy groups -OCH3 is 1. The molecule has 0 atom stereocenters. The van der Waals surface area contributed by atoms with Crippen LogP contribution in [0, 0.1) is 21.4 Å². The van der Waals surface area contributed by atoms with Gasteiger partial charge < -0.3 is 9.64 Å². The van der Waals surface area contributed by atoms with E-state index >= 15 is 0 Å². The molecule has 4 aromatic rings. The number of nitro groups is 1. The normalized spacial score (nSPS) is 10.4. The zero-order chi connectivity index (χ0) is 25.5. The molecule has 0 unspecified atom stereocenters. The molecule has 2 heterocycles. The Hall–Kier alpha value is -5.04. The van der Waals surface area contributed by atoms with E-state index in [4.69, 9.17) is 10.00 Å². The van der Waals surface area contributed by atoms with E-state index in [0.717, 1.165) is 11.1 Å². The standard InChI is InChI=1S/C26H22N6O4/c1-36-23-10-8-20(9-11-23)24-16-25(31(29-24)21-6-2-7-22(15-21)32(34)35)26(33)30(14-4-12-27)18-19-5-3-13-28-17-19/h2-3,5-11,13,15-17H,4,14,18H2,1H3. The van der Waals surface area contributed by atoms with Crippen LogP contribution in [-0.2, 0) is 6.54 Å². The first-order valence-electron chi connectivity index (χ1n) is 11.0. The smallest absolute Gasteiger partial charge is 0.272 e. The molecule has 0 saturated heterocycles. The molecule has 0 spiro atoms. The van der Waals surface area contributed by atoms with Gasteiger partial charge in [-0.3, -0.25) is 19.9 Å². The molecule has 1 amide bonds. The van der Waals surface area contributed by atoms with Crippen molar-refractivity contribution in [2.24, 2.45) is 0 Å². The predicted octanol–water partition coefficient (Wildman–Crippen LogP) is 4.41. The third kappa shape index (κ3) is 5.37. The van der Waals surface area contributed by atoms with E-state index in [1.807, 2.05) is 18.2 Å². The van der Waals surface area contributed by atoms with Gasteiger partial charge in [-0.05, 0) is 48.0 Å². The van der Waals surface area contributed by atoms with E-state index < -0.39 is 4.92 Å². The van der Waals surface area contributed by atoms with Crippen LogP contribution in [0.25, 0.3) is 16.9 Å². The molecule has 180 valence electrons. The van der Waals surface area contributed by atoms with E-state index in [1.54, 1.807) is 60.8 Å². The van der Waals surface area contributed by atoms with Gasteiger partial charge in [0, 0.05) is 43.2 Å². The van der Waals surface area contributed by atoms with Crippen LogP contribution >= 0.6 is 0 Å². The number of nitro benzene ring substituents is 1. The van der Waals surface area contributed by atoms with Crippen molar-refractivity contribution in [1.82, 2.24) is 19.7 Å². The molecule has 10 heteroatoms. The van der Waals surface area contributed by atoms with Gasteiger partial charge in [-0.1, -0.05) is 12.1 Å². The lowest BCUT2D eigenvalue weighted by atomic mass is 10.1. The summed E-state index contributed by atoms with van der Waals surface area (Å²) in [6.45, 7) is 0.439. The number of carbonyl (C=O) groups excluding carboxylic acids is 1. The van der Waals surface area contributed by atoms with E-state index in [0.29, 0.717) is 17.1 Å². The van der Waals surface area contributed by atoms with E-state index in [2.05, 4.69) is 16.2 Å². The van der Waals surface area contributed by atoms with Crippen LogP contribution in [0.1, 0.15) is 22.5 Å². The fourth-order valence-electron chi connectivity index (χ4n) is 3.68. The number of hydrogen-bond acceptors (Lipinski definition) is 7. The summed E-state index contributed by atoms with van der Waals surface area (Å²) in [5.74, 6) is 0.306.